The Balaban J connectivity index is 2.13. The summed E-state index contributed by atoms with van der Waals surface area (Å²) < 4.78 is 5.11. The third kappa shape index (κ3) is 3.27. The molecule has 0 aliphatic heterocycles. The first-order chi connectivity index (χ1) is 9.49. The van der Waals surface area contributed by atoms with Crippen LogP contribution in [0.3, 0.4) is 0 Å². The third-order valence-electron chi connectivity index (χ3n) is 2.78. The van der Waals surface area contributed by atoms with Crippen LogP contribution >= 0.6 is 11.3 Å². The normalized spacial score (nSPS) is 11.9. The smallest absolute Gasteiger partial charge is 0.252 e. The SMILES string of the molecule is COc1cc(N)cc(C(=O)NC(C)c2nc(C)cs2)c1. The van der Waals surface area contributed by atoms with Gasteiger partial charge in [-0.1, -0.05) is 0 Å². The van der Waals surface area contributed by atoms with Gasteiger partial charge < -0.3 is 15.8 Å². The van der Waals surface area contributed by atoms with E-state index in [4.69, 9.17) is 10.5 Å². The molecule has 3 N–H and O–H groups in total. The van der Waals surface area contributed by atoms with Crippen molar-refractivity contribution < 1.29 is 9.53 Å². The maximum Gasteiger partial charge on any atom is 0.252 e. The minimum Gasteiger partial charge on any atom is -0.497 e. The molecule has 0 bridgehead atoms. The summed E-state index contributed by atoms with van der Waals surface area (Å²) in [5.74, 6) is 0.365. The Bertz CT molecular complexity index is 625. The summed E-state index contributed by atoms with van der Waals surface area (Å²) in [4.78, 5) is 16.6. The predicted octanol–water partition coefficient (Wildman–Crippen LogP) is 2.53. The lowest BCUT2D eigenvalue weighted by Crippen LogP contribution is -2.26. The van der Waals surface area contributed by atoms with Crippen molar-refractivity contribution in [1.82, 2.24) is 10.3 Å². The summed E-state index contributed by atoms with van der Waals surface area (Å²) in [5.41, 5.74) is 7.67. The number of rotatable bonds is 4. The molecule has 1 amide bonds. The van der Waals surface area contributed by atoms with Gasteiger partial charge in [0, 0.05) is 28.4 Å². The van der Waals surface area contributed by atoms with E-state index in [1.165, 1.54) is 18.4 Å². The van der Waals surface area contributed by atoms with E-state index >= 15 is 0 Å². The molecule has 0 aliphatic rings. The Morgan fingerprint density at radius 3 is 2.80 bits per heavy atom. The molecule has 5 nitrogen and oxygen atoms in total. The fourth-order valence-electron chi connectivity index (χ4n) is 1.78. The van der Waals surface area contributed by atoms with E-state index in [2.05, 4.69) is 10.3 Å². The monoisotopic (exact) mass is 291 g/mol. The van der Waals surface area contributed by atoms with E-state index in [1.54, 1.807) is 18.2 Å². The maximum atomic E-state index is 12.2. The molecule has 2 aromatic rings. The molecule has 0 radical (unpaired) electrons. The molecular weight excluding hydrogens is 274 g/mol. The predicted molar refractivity (Wildman–Crippen MR) is 80.1 cm³/mol. The van der Waals surface area contributed by atoms with Gasteiger partial charge in [-0.25, -0.2) is 4.98 Å². The summed E-state index contributed by atoms with van der Waals surface area (Å²) in [5, 5.41) is 5.74. The van der Waals surface area contributed by atoms with Gasteiger partial charge >= 0.3 is 0 Å². The minimum absolute atomic E-state index is 0.145. The van der Waals surface area contributed by atoms with Crippen LogP contribution in [0.15, 0.2) is 23.6 Å². The zero-order chi connectivity index (χ0) is 14.7. The number of nitrogens with two attached hydrogens (primary N) is 1. The highest BCUT2D eigenvalue weighted by atomic mass is 32.1. The molecule has 0 fully saturated rings. The van der Waals surface area contributed by atoms with Crippen LogP contribution in [0.1, 0.15) is 34.0 Å². The second-order valence-corrected chi connectivity index (χ2v) is 5.41. The molecule has 1 atom stereocenters. The van der Waals surface area contributed by atoms with Gasteiger partial charge in [0.05, 0.1) is 13.2 Å². The minimum atomic E-state index is -0.198. The van der Waals surface area contributed by atoms with Crippen molar-refractivity contribution in [1.29, 1.82) is 0 Å². The standard InChI is InChI=1S/C14H17N3O2S/c1-8-7-20-14(16-8)9(2)17-13(18)10-4-11(15)6-12(5-10)19-3/h4-7,9H,15H2,1-3H3,(H,17,18). The Kier molecular flexibility index (Phi) is 4.24. The van der Waals surface area contributed by atoms with Crippen LogP contribution < -0.4 is 15.8 Å². The van der Waals surface area contributed by atoms with Crippen molar-refractivity contribution in [3.05, 3.63) is 39.8 Å². The molecule has 1 aromatic carbocycles. The zero-order valence-corrected chi connectivity index (χ0v) is 12.5. The van der Waals surface area contributed by atoms with Crippen LogP contribution in [0.25, 0.3) is 0 Å². The Morgan fingerprint density at radius 2 is 2.20 bits per heavy atom. The van der Waals surface area contributed by atoms with E-state index in [0.29, 0.717) is 17.0 Å². The molecule has 0 saturated heterocycles. The highest BCUT2D eigenvalue weighted by Crippen LogP contribution is 2.21. The number of nitrogen functional groups attached to an aromatic ring is 1. The van der Waals surface area contributed by atoms with Crippen molar-refractivity contribution in [2.45, 2.75) is 19.9 Å². The number of carbonyl (C=O) groups is 1. The molecule has 6 heteroatoms. The first kappa shape index (κ1) is 14.3. The Labute approximate surface area is 121 Å². The number of hydrogen-bond donors (Lipinski definition) is 2. The van der Waals surface area contributed by atoms with Crippen molar-refractivity contribution in [3.63, 3.8) is 0 Å². The maximum absolute atomic E-state index is 12.2. The van der Waals surface area contributed by atoms with E-state index in [9.17, 15) is 4.79 Å². The lowest BCUT2D eigenvalue weighted by Gasteiger charge is -2.12. The number of methoxy groups -OCH3 is 1. The molecule has 106 valence electrons. The van der Waals surface area contributed by atoms with Crippen molar-refractivity contribution in [3.8, 4) is 5.75 Å². The highest BCUT2D eigenvalue weighted by molar-refractivity contribution is 7.09. The van der Waals surface area contributed by atoms with Gasteiger partial charge in [-0.05, 0) is 26.0 Å². The molecule has 1 heterocycles. The second-order valence-electron chi connectivity index (χ2n) is 4.52. The summed E-state index contributed by atoms with van der Waals surface area (Å²) >= 11 is 1.53. The molecule has 0 spiro atoms. The fourth-order valence-corrected chi connectivity index (χ4v) is 2.59. The van der Waals surface area contributed by atoms with Crippen LogP contribution in [0.2, 0.25) is 0 Å². The third-order valence-corrected chi connectivity index (χ3v) is 3.93. The quantitative estimate of drug-likeness (QED) is 0.849. The Hall–Kier alpha value is -2.08. The number of hydrogen-bond acceptors (Lipinski definition) is 5. The van der Waals surface area contributed by atoms with Crippen LogP contribution in [-0.4, -0.2) is 18.0 Å². The number of anilines is 1. The first-order valence-electron chi connectivity index (χ1n) is 6.17. The number of nitrogens with zero attached hydrogens (tertiary/aromatic N) is 1. The summed E-state index contributed by atoms with van der Waals surface area (Å²) in [6.07, 6.45) is 0. The molecule has 20 heavy (non-hydrogen) atoms. The lowest BCUT2D eigenvalue weighted by atomic mass is 10.1. The van der Waals surface area contributed by atoms with Gasteiger partial charge in [0.15, 0.2) is 0 Å². The van der Waals surface area contributed by atoms with E-state index in [0.717, 1.165) is 10.7 Å². The van der Waals surface area contributed by atoms with Crippen molar-refractivity contribution >= 4 is 22.9 Å². The average Bonchev–Trinajstić information content (AvgIpc) is 2.84. The van der Waals surface area contributed by atoms with Gasteiger partial charge in [-0.3, -0.25) is 4.79 Å². The van der Waals surface area contributed by atoms with Crippen LogP contribution in [0, 0.1) is 6.92 Å². The van der Waals surface area contributed by atoms with E-state index in [-0.39, 0.29) is 11.9 Å². The molecule has 0 aliphatic carbocycles. The molecule has 0 saturated carbocycles. The summed E-state index contributed by atoms with van der Waals surface area (Å²) in [7, 11) is 1.54. The summed E-state index contributed by atoms with van der Waals surface area (Å²) in [6.45, 7) is 3.83. The van der Waals surface area contributed by atoms with Gasteiger partial charge in [-0.2, -0.15) is 0 Å². The number of benzene rings is 1. The van der Waals surface area contributed by atoms with Gasteiger partial charge in [-0.15, -0.1) is 11.3 Å². The molecule has 1 unspecified atom stereocenters. The van der Waals surface area contributed by atoms with Gasteiger partial charge in [0.2, 0.25) is 0 Å². The molecule has 1 aromatic heterocycles. The van der Waals surface area contributed by atoms with E-state index < -0.39 is 0 Å². The second kappa shape index (κ2) is 5.92. The Morgan fingerprint density at radius 1 is 1.45 bits per heavy atom. The number of aryl methyl sites for hydroxylation is 1. The van der Waals surface area contributed by atoms with Crippen molar-refractivity contribution in [2.24, 2.45) is 0 Å². The number of aromatic nitrogens is 1. The largest absolute Gasteiger partial charge is 0.497 e. The topological polar surface area (TPSA) is 77.2 Å². The highest BCUT2D eigenvalue weighted by Gasteiger charge is 2.15. The van der Waals surface area contributed by atoms with Gasteiger partial charge in [0.1, 0.15) is 10.8 Å². The molecular formula is C14H17N3O2S. The van der Waals surface area contributed by atoms with Crippen LogP contribution in [0.5, 0.6) is 5.75 Å². The van der Waals surface area contributed by atoms with Gasteiger partial charge in [0.25, 0.3) is 5.91 Å². The number of amides is 1. The number of ether oxygens (including phenoxy) is 1. The number of nitrogens with one attached hydrogen (secondary N) is 1. The molecule has 2 rings (SSSR count). The lowest BCUT2D eigenvalue weighted by molar-refractivity contribution is 0.0939. The zero-order valence-electron chi connectivity index (χ0n) is 11.6. The average molecular weight is 291 g/mol. The first-order valence-corrected chi connectivity index (χ1v) is 7.05. The summed E-state index contributed by atoms with van der Waals surface area (Å²) in [6, 6.07) is 4.81. The van der Waals surface area contributed by atoms with Crippen LogP contribution in [0.4, 0.5) is 5.69 Å². The van der Waals surface area contributed by atoms with E-state index in [1.807, 2.05) is 19.2 Å². The van der Waals surface area contributed by atoms with Crippen LogP contribution in [-0.2, 0) is 0 Å². The fraction of sp³-hybridized carbons (Fsp3) is 0.286. The number of thiazole rings is 1. The van der Waals surface area contributed by atoms with Crippen molar-refractivity contribution in [2.75, 3.05) is 12.8 Å². The number of carbonyl (C=O) groups excluding carboxylic acids is 1.